The molecule has 0 aliphatic carbocycles. The molecule has 3 aliphatic heterocycles. The molecule has 1 aromatic carbocycles. The molecule has 2 unspecified atom stereocenters. The van der Waals surface area contributed by atoms with Crippen LogP contribution in [0.15, 0.2) is 36.9 Å². The van der Waals surface area contributed by atoms with Crippen molar-refractivity contribution >= 4 is 40.6 Å². The zero-order valence-corrected chi connectivity index (χ0v) is 24.5. The third-order valence-corrected chi connectivity index (χ3v) is 11.2. The van der Waals surface area contributed by atoms with Crippen LogP contribution >= 0.6 is 11.8 Å². The lowest BCUT2D eigenvalue weighted by Gasteiger charge is -2.41. The second kappa shape index (κ2) is 10.8. The highest BCUT2D eigenvalue weighted by Gasteiger charge is 2.78. The van der Waals surface area contributed by atoms with E-state index in [0.717, 1.165) is 17.5 Å². The van der Waals surface area contributed by atoms with E-state index in [1.807, 2.05) is 45.0 Å². The van der Waals surface area contributed by atoms with E-state index in [1.54, 1.807) is 39.2 Å². The average Bonchev–Trinajstić information content (AvgIpc) is 3.64. The summed E-state index contributed by atoms with van der Waals surface area (Å²) in [5.74, 6) is -2.26. The van der Waals surface area contributed by atoms with E-state index in [0.29, 0.717) is 12.8 Å². The number of benzene rings is 1. The van der Waals surface area contributed by atoms with E-state index in [4.69, 9.17) is 4.74 Å². The summed E-state index contributed by atoms with van der Waals surface area (Å²) in [6.07, 6.45) is 3.71. The number of para-hydroxylation sites is 1. The Balaban J connectivity index is 1.60. The minimum absolute atomic E-state index is 0.0505. The topological polar surface area (TPSA) is 118 Å². The summed E-state index contributed by atoms with van der Waals surface area (Å²) >= 11 is 1.60. The number of aliphatic hydroxyl groups is 1. The maximum absolute atomic E-state index is 14.7. The van der Waals surface area contributed by atoms with Gasteiger partial charge in [-0.15, -0.1) is 23.4 Å². The number of rotatable bonds is 11. The van der Waals surface area contributed by atoms with Gasteiger partial charge in [-0.1, -0.05) is 43.7 Å². The van der Waals surface area contributed by atoms with Crippen molar-refractivity contribution in [2.45, 2.75) is 75.2 Å². The van der Waals surface area contributed by atoms with Gasteiger partial charge in [-0.3, -0.25) is 14.4 Å². The first-order valence-electron chi connectivity index (χ1n) is 14.1. The number of ether oxygens (including phenoxy) is 1. The molecule has 3 fully saturated rings. The first-order chi connectivity index (χ1) is 19.2. The molecule has 3 aliphatic rings. The number of thioether (sulfide) groups is 1. The van der Waals surface area contributed by atoms with Crippen LogP contribution in [0.2, 0.25) is 0 Å². The molecule has 40 heavy (non-hydrogen) atoms. The van der Waals surface area contributed by atoms with E-state index >= 15 is 0 Å². The lowest BCUT2D eigenvalue weighted by molar-refractivity contribution is -0.156. The van der Waals surface area contributed by atoms with Gasteiger partial charge in [0.15, 0.2) is 0 Å². The molecule has 4 heterocycles. The van der Waals surface area contributed by atoms with Gasteiger partial charge in [-0.25, -0.2) is 4.68 Å². The Morgan fingerprint density at radius 2 is 2.08 bits per heavy atom. The summed E-state index contributed by atoms with van der Waals surface area (Å²) in [4.78, 5) is 45.7. The van der Waals surface area contributed by atoms with Crippen molar-refractivity contribution in [1.29, 1.82) is 0 Å². The number of esters is 1. The minimum atomic E-state index is -0.850. The highest BCUT2D eigenvalue weighted by atomic mass is 32.2. The Hall–Kier alpha value is -2.92. The fourth-order valence-electron chi connectivity index (χ4n) is 7.13. The fraction of sp³-hybridized carbons (Fsp3) is 0.621. The normalized spacial score (nSPS) is 30.4. The predicted molar refractivity (Wildman–Crippen MR) is 152 cm³/mol. The van der Waals surface area contributed by atoms with Crippen LogP contribution in [0, 0.1) is 17.8 Å². The number of hydrogen-bond acceptors (Lipinski definition) is 8. The molecule has 216 valence electrons. The van der Waals surface area contributed by atoms with Crippen LogP contribution in [-0.2, 0) is 25.8 Å². The summed E-state index contributed by atoms with van der Waals surface area (Å²) in [6, 6.07) is 6.13. The monoisotopic (exact) mass is 569 g/mol. The van der Waals surface area contributed by atoms with E-state index < -0.39 is 33.4 Å². The Labute approximate surface area is 239 Å². The maximum Gasteiger partial charge on any atom is 0.311 e. The van der Waals surface area contributed by atoms with Gasteiger partial charge < -0.3 is 19.6 Å². The molecule has 10 nitrogen and oxygen atoms in total. The van der Waals surface area contributed by atoms with E-state index in [9.17, 15) is 19.5 Å². The SMILES string of the molecule is C=CCN(Cn1nnc2ccccc21)C(=O)C1N([C@@H](CO)[C@@H](C)CC)C(=O)[C@@H]2[C@H](C(=O)OCC)[C@]3(C)CCC12S3. The molecule has 5 rings (SSSR count). The molecule has 0 radical (unpaired) electrons. The smallest absolute Gasteiger partial charge is 0.311 e. The maximum atomic E-state index is 14.7. The highest BCUT2D eigenvalue weighted by molar-refractivity contribution is 8.02. The molecule has 0 saturated carbocycles. The molecule has 2 amide bonds. The van der Waals surface area contributed by atoms with Crippen molar-refractivity contribution in [2.75, 3.05) is 19.8 Å². The second-order valence-corrected chi connectivity index (χ2v) is 13.3. The van der Waals surface area contributed by atoms with E-state index in [1.165, 1.54) is 0 Å². The van der Waals surface area contributed by atoms with Crippen LogP contribution in [0.5, 0.6) is 0 Å². The predicted octanol–water partition coefficient (Wildman–Crippen LogP) is 2.85. The second-order valence-electron chi connectivity index (χ2n) is 11.4. The molecule has 11 heteroatoms. The van der Waals surface area contributed by atoms with Gasteiger partial charge in [0.1, 0.15) is 18.2 Å². The molecule has 2 bridgehead atoms. The number of aliphatic hydroxyl groups excluding tert-OH is 1. The van der Waals surface area contributed by atoms with Gasteiger partial charge >= 0.3 is 5.97 Å². The number of carbonyl (C=O) groups excluding carboxylic acids is 3. The number of amides is 2. The van der Waals surface area contributed by atoms with Crippen LogP contribution in [-0.4, -0.2) is 89.0 Å². The molecule has 1 spiro atoms. The van der Waals surface area contributed by atoms with Crippen LogP contribution in [0.4, 0.5) is 0 Å². The van der Waals surface area contributed by atoms with Gasteiger partial charge in [0, 0.05) is 11.3 Å². The lowest BCUT2D eigenvalue weighted by Crippen LogP contribution is -2.58. The highest BCUT2D eigenvalue weighted by Crippen LogP contribution is 2.72. The van der Waals surface area contributed by atoms with Gasteiger partial charge in [0.25, 0.3) is 0 Å². The zero-order valence-electron chi connectivity index (χ0n) is 23.7. The van der Waals surface area contributed by atoms with Gasteiger partial charge in [-0.2, -0.15) is 0 Å². The average molecular weight is 570 g/mol. The molecular formula is C29H39N5O5S. The van der Waals surface area contributed by atoms with Crippen molar-refractivity contribution in [2.24, 2.45) is 17.8 Å². The third kappa shape index (κ3) is 4.24. The van der Waals surface area contributed by atoms with Crippen molar-refractivity contribution in [3.63, 3.8) is 0 Å². The number of nitrogens with zero attached hydrogens (tertiary/aromatic N) is 5. The van der Waals surface area contributed by atoms with Crippen molar-refractivity contribution in [1.82, 2.24) is 24.8 Å². The van der Waals surface area contributed by atoms with Crippen LogP contribution in [0.1, 0.15) is 47.0 Å². The number of likely N-dealkylation sites (tertiary alicyclic amines) is 1. The van der Waals surface area contributed by atoms with Gasteiger partial charge in [-0.05, 0) is 44.7 Å². The number of hydrogen-bond donors (Lipinski definition) is 1. The van der Waals surface area contributed by atoms with Crippen LogP contribution < -0.4 is 0 Å². The molecule has 7 atom stereocenters. The third-order valence-electron chi connectivity index (χ3n) is 9.22. The first kappa shape index (κ1) is 28.6. The molecule has 1 aromatic heterocycles. The Morgan fingerprint density at radius 1 is 1.32 bits per heavy atom. The van der Waals surface area contributed by atoms with E-state index in [-0.39, 0.29) is 50.1 Å². The van der Waals surface area contributed by atoms with Crippen LogP contribution in [0.25, 0.3) is 11.0 Å². The summed E-state index contributed by atoms with van der Waals surface area (Å²) in [6.45, 7) is 12.0. The number of fused-ring (bicyclic) bond motifs is 2. The Kier molecular flexibility index (Phi) is 7.73. The Morgan fingerprint density at radius 3 is 2.75 bits per heavy atom. The summed E-state index contributed by atoms with van der Waals surface area (Å²) in [5, 5.41) is 19.1. The lowest BCUT2D eigenvalue weighted by atomic mass is 9.66. The van der Waals surface area contributed by atoms with Gasteiger partial charge in [0.05, 0.1) is 41.4 Å². The van der Waals surface area contributed by atoms with Crippen LogP contribution in [0.3, 0.4) is 0 Å². The number of aromatic nitrogens is 3. The summed E-state index contributed by atoms with van der Waals surface area (Å²) < 4.78 is 5.85. The van der Waals surface area contributed by atoms with Crippen molar-refractivity contribution in [3.05, 3.63) is 36.9 Å². The minimum Gasteiger partial charge on any atom is -0.466 e. The number of carbonyl (C=O) groups is 3. The molecule has 3 saturated heterocycles. The van der Waals surface area contributed by atoms with E-state index in [2.05, 4.69) is 16.9 Å². The van der Waals surface area contributed by atoms with Crippen molar-refractivity contribution in [3.8, 4) is 0 Å². The zero-order chi connectivity index (χ0) is 28.8. The quantitative estimate of drug-likeness (QED) is 0.324. The molecule has 2 aromatic rings. The molecule has 1 N–H and O–H groups in total. The summed E-state index contributed by atoms with van der Waals surface area (Å²) in [7, 11) is 0. The standard InChI is InChI=1S/C29H39N5O5S/c1-6-15-32(17-33-20-12-10-9-11-19(20)30-31-33)26(37)24-29-14-13-28(5,40-29)23(27(38)39-8-3)22(29)25(36)34(24)21(16-35)18(4)7-2/h6,9-12,18,21-24,35H,1,7-8,13-17H2,2-5H3/t18-,21-,22-,23+,24?,28-,29?/m0/s1. The fourth-order valence-corrected chi connectivity index (χ4v) is 9.46. The van der Waals surface area contributed by atoms with Crippen molar-refractivity contribution < 1.29 is 24.2 Å². The van der Waals surface area contributed by atoms with Gasteiger partial charge in [0.2, 0.25) is 11.8 Å². The Bertz CT molecular complexity index is 1320. The summed E-state index contributed by atoms with van der Waals surface area (Å²) in [5.41, 5.74) is 1.51. The largest absolute Gasteiger partial charge is 0.466 e. The molecular weight excluding hydrogens is 530 g/mol. The first-order valence-corrected chi connectivity index (χ1v) is 15.0.